The minimum Gasteiger partial charge on any atom is -0.307 e. The van der Waals surface area contributed by atoms with Gasteiger partial charge in [0.15, 0.2) is 0 Å². The molecule has 0 aliphatic carbocycles. The van der Waals surface area contributed by atoms with Gasteiger partial charge in [0.05, 0.1) is 0 Å². The molecule has 1 saturated heterocycles. The normalized spacial score (nSPS) is 23.9. The maximum absolute atomic E-state index is 3.75. The zero-order chi connectivity index (χ0) is 12.6. The van der Waals surface area contributed by atoms with Crippen molar-refractivity contribution in [2.45, 2.75) is 32.2 Å². The highest BCUT2D eigenvalue weighted by Crippen LogP contribution is 2.38. The van der Waals surface area contributed by atoms with E-state index in [9.17, 15) is 0 Å². The zero-order valence-corrected chi connectivity index (χ0v) is 11.2. The van der Waals surface area contributed by atoms with Crippen LogP contribution in [-0.4, -0.2) is 6.54 Å². The summed E-state index contributed by atoms with van der Waals surface area (Å²) in [5.41, 5.74) is 1.64. The summed E-state index contributed by atoms with van der Waals surface area (Å²) in [4.78, 5) is 0. The molecule has 0 bridgehead atoms. The molecule has 18 heavy (non-hydrogen) atoms. The average Bonchev–Trinajstić information content (AvgIpc) is 2.89. The molecule has 1 N–H and O–H groups in total. The third-order valence-electron chi connectivity index (χ3n) is 4.44. The third kappa shape index (κ3) is 1.74. The fourth-order valence-corrected chi connectivity index (χ4v) is 3.31. The molecular weight excluding hydrogens is 218 g/mol. The number of hydrogen-bond acceptors (Lipinski definition) is 1. The van der Waals surface area contributed by atoms with Crippen LogP contribution < -0.4 is 5.32 Å². The predicted molar refractivity (Wildman–Crippen MR) is 77.7 cm³/mol. The number of nitrogens with one attached hydrogen (secondary N) is 1. The molecule has 1 unspecified atom stereocenters. The molecule has 2 aromatic carbocycles. The highest BCUT2D eigenvalue weighted by atomic mass is 15.0. The largest absolute Gasteiger partial charge is 0.307 e. The van der Waals surface area contributed by atoms with Crippen LogP contribution >= 0.6 is 0 Å². The Labute approximate surface area is 109 Å². The van der Waals surface area contributed by atoms with Crippen molar-refractivity contribution in [2.24, 2.45) is 5.92 Å². The highest BCUT2D eigenvalue weighted by molar-refractivity contribution is 5.83. The summed E-state index contributed by atoms with van der Waals surface area (Å²) < 4.78 is 0. The van der Waals surface area contributed by atoms with Gasteiger partial charge in [-0.3, -0.25) is 0 Å². The van der Waals surface area contributed by atoms with Crippen LogP contribution in [0.3, 0.4) is 0 Å². The van der Waals surface area contributed by atoms with Crippen LogP contribution in [0.5, 0.6) is 0 Å². The molecule has 0 aromatic heterocycles. The van der Waals surface area contributed by atoms with Gasteiger partial charge in [0.1, 0.15) is 0 Å². The molecule has 1 aliphatic heterocycles. The summed E-state index contributed by atoms with van der Waals surface area (Å²) in [5, 5.41) is 6.43. The molecule has 1 aliphatic rings. The smallest absolute Gasteiger partial charge is 0.0458 e. The Kier molecular flexibility index (Phi) is 2.87. The lowest BCUT2D eigenvalue weighted by Crippen LogP contribution is -2.41. The Morgan fingerprint density at radius 1 is 1.06 bits per heavy atom. The van der Waals surface area contributed by atoms with E-state index in [0.29, 0.717) is 5.92 Å². The molecule has 0 radical (unpaired) electrons. The molecule has 1 heterocycles. The first-order chi connectivity index (χ1) is 8.72. The van der Waals surface area contributed by atoms with E-state index in [-0.39, 0.29) is 5.54 Å². The standard InChI is InChI=1S/C17H21N/c1-13(2)17(10-5-11-18-17)16-9-8-14-6-3-4-7-15(14)12-16/h3-4,6-9,12-13,18H,5,10-11H2,1-2H3. The van der Waals surface area contributed by atoms with Crippen LogP contribution in [0.25, 0.3) is 10.8 Å². The molecule has 1 heteroatoms. The van der Waals surface area contributed by atoms with E-state index in [2.05, 4.69) is 61.6 Å². The van der Waals surface area contributed by atoms with Crippen molar-refractivity contribution in [3.05, 3.63) is 48.0 Å². The Bertz CT molecular complexity index is 550. The van der Waals surface area contributed by atoms with Gasteiger partial charge >= 0.3 is 0 Å². The summed E-state index contributed by atoms with van der Waals surface area (Å²) in [6.45, 7) is 5.80. The van der Waals surface area contributed by atoms with E-state index in [1.165, 1.54) is 29.2 Å². The fourth-order valence-electron chi connectivity index (χ4n) is 3.31. The van der Waals surface area contributed by atoms with E-state index in [1.807, 2.05) is 0 Å². The van der Waals surface area contributed by atoms with Gasteiger partial charge in [-0.05, 0) is 47.7 Å². The predicted octanol–water partition coefficient (Wildman–Crippen LogP) is 4.07. The van der Waals surface area contributed by atoms with Crippen LogP contribution in [0.1, 0.15) is 32.3 Å². The summed E-state index contributed by atoms with van der Waals surface area (Å²) in [7, 11) is 0. The zero-order valence-electron chi connectivity index (χ0n) is 11.2. The molecular formula is C17H21N. The van der Waals surface area contributed by atoms with Crippen LogP contribution in [0, 0.1) is 5.92 Å². The van der Waals surface area contributed by atoms with Gasteiger partial charge in [0, 0.05) is 5.54 Å². The minimum atomic E-state index is 0.185. The van der Waals surface area contributed by atoms with Crippen LogP contribution in [-0.2, 0) is 5.54 Å². The molecule has 3 rings (SSSR count). The first kappa shape index (κ1) is 11.7. The first-order valence-corrected chi connectivity index (χ1v) is 6.97. The molecule has 0 saturated carbocycles. The summed E-state index contributed by atoms with van der Waals surface area (Å²) in [5.74, 6) is 0.626. The van der Waals surface area contributed by atoms with Crippen molar-refractivity contribution in [2.75, 3.05) is 6.54 Å². The Morgan fingerprint density at radius 2 is 1.83 bits per heavy atom. The molecule has 0 amide bonds. The molecule has 1 atom stereocenters. The van der Waals surface area contributed by atoms with Crippen molar-refractivity contribution >= 4 is 10.8 Å². The quantitative estimate of drug-likeness (QED) is 0.833. The minimum absolute atomic E-state index is 0.185. The lowest BCUT2D eigenvalue weighted by molar-refractivity contribution is 0.277. The molecule has 94 valence electrons. The molecule has 1 fully saturated rings. The van der Waals surface area contributed by atoms with Crippen LogP contribution in [0.4, 0.5) is 0 Å². The van der Waals surface area contributed by atoms with Gasteiger partial charge in [0.2, 0.25) is 0 Å². The molecule has 2 aromatic rings. The Balaban J connectivity index is 2.12. The van der Waals surface area contributed by atoms with Crippen LogP contribution in [0.2, 0.25) is 0 Å². The SMILES string of the molecule is CC(C)C1(c2ccc3ccccc3c2)CCCN1. The molecule has 0 spiro atoms. The topological polar surface area (TPSA) is 12.0 Å². The summed E-state index contributed by atoms with van der Waals surface area (Å²) >= 11 is 0. The van der Waals surface area contributed by atoms with Crippen molar-refractivity contribution in [3.8, 4) is 0 Å². The van der Waals surface area contributed by atoms with Gasteiger partial charge in [-0.25, -0.2) is 0 Å². The third-order valence-corrected chi connectivity index (χ3v) is 4.44. The lowest BCUT2D eigenvalue weighted by atomic mass is 9.78. The summed E-state index contributed by atoms with van der Waals surface area (Å²) in [6.07, 6.45) is 2.54. The van der Waals surface area contributed by atoms with E-state index < -0.39 is 0 Å². The van der Waals surface area contributed by atoms with Gasteiger partial charge < -0.3 is 5.32 Å². The van der Waals surface area contributed by atoms with Crippen molar-refractivity contribution in [3.63, 3.8) is 0 Å². The first-order valence-electron chi connectivity index (χ1n) is 6.97. The van der Waals surface area contributed by atoms with Gasteiger partial charge in [-0.1, -0.05) is 50.2 Å². The summed E-state index contributed by atoms with van der Waals surface area (Å²) in [6, 6.07) is 15.6. The Hall–Kier alpha value is -1.34. The second-order valence-corrected chi connectivity index (χ2v) is 5.72. The fraction of sp³-hybridized carbons (Fsp3) is 0.412. The van der Waals surface area contributed by atoms with E-state index in [4.69, 9.17) is 0 Å². The monoisotopic (exact) mass is 239 g/mol. The Morgan fingerprint density at radius 3 is 2.50 bits per heavy atom. The highest BCUT2D eigenvalue weighted by Gasteiger charge is 2.38. The van der Waals surface area contributed by atoms with Crippen molar-refractivity contribution in [1.29, 1.82) is 0 Å². The van der Waals surface area contributed by atoms with Gasteiger partial charge in [-0.2, -0.15) is 0 Å². The maximum Gasteiger partial charge on any atom is 0.0458 e. The number of rotatable bonds is 2. The van der Waals surface area contributed by atoms with Gasteiger partial charge in [0.25, 0.3) is 0 Å². The number of hydrogen-bond donors (Lipinski definition) is 1. The van der Waals surface area contributed by atoms with E-state index >= 15 is 0 Å². The van der Waals surface area contributed by atoms with Crippen LogP contribution in [0.15, 0.2) is 42.5 Å². The number of fused-ring (bicyclic) bond motifs is 1. The van der Waals surface area contributed by atoms with Crippen molar-refractivity contribution < 1.29 is 0 Å². The second-order valence-electron chi connectivity index (χ2n) is 5.72. The second kappa shape index (κ2) is 4.40. The average molecular weight is 239 g/mol. The maximum atomic E-state index is 3.75. The van der Waals surface area contributed by atoms with E-state index in [1.54, 1.807) is 0 Å². The van der Waals surface area contributed by atoms with Gasteiger partial charge in [-0.15, -0.1) is 0 Å². The number of benzene rings is 2. The lowest BCUT2D eigenvalue weighted by Gasteiger charge is -2.35. The van der Waals surface area contributed by atoms with Crippen molar-refractivity contribution in [1.82, 2.24) is 5.32 Å². The molecule has 1 nitrogen and oxygen atoms in total. The van der Waals surface area contributed by atoms with E-state index in [0.717, 1.165) is 6.54 Å².